The predicted octanol–water partition coefficient (Wildman–Crippen LogP) is -0.802. The van der Waals surface area contributed by atoms with Gasteiger partial charge in [-0.05, 0) is 4.92 Å². The highest BCUT2D eigenvalue weighted by Crippen LogP contribution is 1.88. The summed E-state index contributed by atoms with van der Waals surface area (Å²) in [6.07, 6.45) is 2.56. The molecule has 0 radical (unpaired) electrons. The molecule has 0 spiro atoms. The van der Waals surface area contributed by atoms with Crippen LogP contribution in [0.4, 0.5) is 0 Å². The summed E-state index contributed by atoms with van der Waals surface area (Å²) in [5.74, 6) is -0.106. The second-order valence-corrected chi connectivity index (χ2v) is 1.32. The molecule has 1 aliphatic heterocycles. The predicted molar refractivity (Wildman–Crippen MR) is 29.8 cm³/mol. The van der Waals surface area contributed by atoms with Crippen molar-refractivity contribution < 1.29 is 4.92 Å². The maximum absolute atomic E-state index is 9.93. The number of rotatable bonds is 1. The van der Waals surface area contributed by atoms with Crippen LogP contribution in [0.2, 0.25) is 0 Å². The molecular weight excluding hydrogens is 124 g/mol. The minimum absolute atomic E-state index is 0.106. The van der Waals surface area contributed by atoms with Crippen LogP contribution in [0.25, 0.3) is 0 Å². The number of hydrazone groups is 1. The summed E-state index contributed by atoms with van der Waals surface area (Å²) in [4.78, 5) is 9.38. The fourth-order valence-electron chi connectivity index (χ4n) is 0.383. The van der Waals surface area contributed by atoms with Crippen LogP contribution in [0.5, 0.6) is 0 Å². The highest BCUT2D eigenvalue weighted by Gasteiger charge is 2.06. The fourth-order valence-corrected chi connectivity index (χ4v) is 0.383. The fraction of sp³-hybridized carbons (Fsp3) is 0. The van der Waals surface area contributed by atoms with Gasteiger partial charge in [-0.15, -0.1) is 10.6 Å². The summed E-state index contributed by atoms with van der Waals surface area (Å²) in [6, 6.07) is 0. The molecule has 0 aromatic carbocycles. The van der Waals surface area contributed by atoms with Gasteiger partial charge in [-0.2, -0.15) is 5.43 Å². The van der Waals surface area contributed by atoms with Gasteiger partial charge in [0.25, 0.3) is 0 Å². The van der Waals surface area contributed by atoms with E-state index >= 15 is 0 Å². The van der Waals surface area contributed by atoms with Gasteiger partial charge >= 0.3 is 5.82 Å². The molecule has 0 amide bonds. The Labute approximate surface area is 50.4 Å². The lowest BCUT2D eigenvalue weighted by molar-refractivity contribution is -0.433. The lowest BCUT2D eigenvalue weighted by atomic mass is 10.6. The average molecular weight is 128 g/mol. The number of hydrazine groups is 1. The molecule has 0 saturated heterocycles. The van der Waals surface area contributed by atoms with E-state index in [2.05, 4.69) is 16.1 Å². The maximum atomic E-state index is 9.93. The molecular formula is C3H4N4O2. The van der Waals surface area contributed by atoms with Crippen molar-refractivity contribution in [2.75, 3.05) is 0 Å². The third-order valence-electron chi connectivity index (χ3n) is 0.752. The average Bonchev–Trinajstić information content (AvgIpc) is 1.90. The van der Waals surface area contributed by atoms with Crippen molar-refractivity contribution in [2.24, 2.45) is 5.10 Å². The summed E-state index contributed by atoms with van der Waals surface area (Å²) in [5, 5.41) is 13.4. The molecule has 0 aromatic heterocycles. The van der Waals surface area contributed by atoms with Gasteiger partial charge in [0.1, 0.15) is 0 Å². The number of nitrogens with one attached hydrogen (secondary N) is 2. The first-order valence-corrected chi connectivity index (χ1v) is 2.19. The van der Waals surface area contributed by atoms with Crippen LogP contribution >= 0.6 is 0 Å². The summed E-state index contributed by atoms with van der Waals surface area (Å²) in [5.41, 5.74) is 4.46. The number of hydrogen-bond donors (Lipinski definition) is 2. The standard InChI is InChI=1S/C3H4N4O2/c8-7(9)3-1-2-4-6-5-3/h1-2,5-6H. The number of hydrogen-bond acceptors (Lipinski definition) is 5. The lowest BCUT2D eigenvalue weighted by Crippen LogP contribution is -2.32. The first-order chi connectivity index (χ1) is 4.30. The Morgan fingerprint density at radius 1 is 1.78 bits per heavy atom. The smallest absolute Gasteiger partial charge is 0.341 e. The molecule has 0 saturated carbocycles. The normalized spacial score (nSPS) is 15.3. The quantitative estimate of drug-likeness (QED) is 0.358. The van der Waals surface area contributed by atoms with E-state index in [1.807, 2.05) is 0 Å². The lowest BCUT2D eigenvalue weighted by Gasteiger charge is -2.02. The van der Waals surface area contributed by atoms with Crippen LogP contribution in [-0.2, 0) is 0 Å². The number of nitro groups is 1. The van der Waals surface area contributed by atoms with Crippen LogP contribution in [0, 0.1) is 10.1 Å². The van der Waals surface area contributed by atoms with Crippen molar-refractivity contribution in [1.29, 1.82) is 0 Å². The summed E-state index contributed by atoms with van der Waals surface area (Å²) in [7, 11) is 0. The molecule has 1 rings (SSSR count). The topological polar surface area (TPSA) is 79.6 Å². The van der Waals surface area contributed by atoms with Gasteiger partial charge in [0, 0.05) is 0 Å². The SMILES string of the molecule is O=[N+]([O-])C1=CC=NNN1. The van der Waals surface area contributed by atoms with Crippen LogP contribution in [-0.4, -0.2) is 11.1 Å². The van der Waals surface area contributed by atoms with E-state index < -0.39 is 4.92 Å². The maximum Gasteiger partial charge on any atom is 0.341 e. The molecule has 2 N–H and O–H groups in total. The van der Waals surface area contributed by atoms with Crippen LogP contribution in [0.3, 0.4) is 0 Å². The molecule has 0 unspecified atom stereocenters. The Kier molecular flexibility index (Phi) is 1.31. The second-order valence-electron chi connectivity index (χ2n) is 1.32. The van der Waals surface area contributed by atoms with E-state index in [-0.39, 0.29) is 5.82 Å². The molecule has 6 heteroatoms. The zero-order valence-corrected chi connectivity index (χ0v) is 4.37. The summed E-state index contributed by atoms with van der Waals surface area (Å²) in [6.45, 7) is 0. The zero-order chi connectivity index (χ0) is 6.69. The Morgan fingerprint density at radius 3 is 2.89 bits per heavy atom. The summed E-state index contributed by atoms with van der Waals surface area (Å²) < 4.78 is 0. The van der Waals surface area contributed by atoms with Gasteiger partial charge in [0.15, 0.2) is 0 Å². The van der Waals surface area contributed by atoms with Gasteiger partial charge in [-0.3, -0.25) is 0 Å². The van der Waals surface area contributed by atoms with Gasteiger partial charge in [0.2, 0.25) is 0 Å². The van der Waals surface area contributed by atoms with Crippen molar-refractivity contribution >= 4 is 6.21 Å². The Morgan fingerprint density at radius 2 is 2.56 bits per heavy atom. The van der Waals surface area contributed by atoms with Crippen molar-refractivity contribution in [1.82, 2.24) is 11.0 Å². The minimum atomic E-state index is -0.543. The molecule has 0 bridgehead atoms. The van der Waals surface area contributed by atoms with E-state index in [4.69, 9.17) is 0 Å². The first kappa shape index (κ1) is 5.54. The van der Waals surface area contributed by atoms with Crippen molar-refractivity contribution in [3.05, 3.63) is 22.0 Å². The Hall–Kier alpha value is -1.59. The van der Waals surface area contributed by atoms with E-state index in [1.165, 1.54) is 12.3 Å². The van der Waals surface area contributed by atoms with Gasteiger partial charge in [-0.25, -0.2) is 0 Å². The second kappa shape index (κ2) is 2.12. The zero-order valence-electron chi connectivity index (χ0n) is 4.37. The van der Waals surface area contributed by atoms with Gasteiger partial charge in [0.05, 0.1) is 12.3 Å². The van der Waals surface area contributed by atoms with Crippen molar-refractivity contribution in [3.63, 3.8) is 0 Å². The monoisotopic (exact) mass is 128 g/mol. The Bertz CT molecular complexity index is 184. The highest BCUT2D eigenvalue weighted by molar-refractivity contribution is 5.71. The van der Waals surface area contributed by atoms with Crippen LogP contribution in [0.15, 0.2) is 17.0 Å². The molecule has 0 aromatic rings. The highest BCUT2D eigenvalue weighted by atomic mass is 16.6. The van der Waals surface area contributed by atoms with E-state index in [0.717, 1.165) is 0 Å². The van der Waals surface area contributed by atoms with E-state index in [0.29, 0.717) is 0 Å². The van der Waals surface area contributed by atoms with Crippen molar-refractivity contribution in [3.8, 4) is 0 Å². The third-order valence-corrected chi connectivity index (χ3v) is 0.752. The molecule has 9 heavy (non-hydrogen) atoms. The number of nitrogens with zero attached hydrogens (tertiary/aromatic N) is 2. The molecule has 0 fully saturated rings. The molecule has 1 aliphatic rings. The molecule has 48 valence electrons. The van der Waals surface area contributed by atoms with Crippen molar-refractivity contribution in [2.45, 2.75) is 0 Å². The molecule has 6 nitrogen and oxygen atoms in total. The summed E-state index contributed by atoms with van der Waals surface area (Å²) >= 11 is 0. The Balaban J connectivity index is 2.68. The van der Waals surface area contributed by atoms with E-state index in [1.54, 1.807) is 0 Å². The van der Waals surface area contributed by atoms with E-state index in [9.17, 15) is 10.1 Å². The van der Waals surface area contributed by atoms with Crippen LogP contribution in [0.1, 0.15) is 0 Å². The number of allylic oxidation sites excluding steroid dienone is 1. The van der Waals surface area contributed by atoms with Gasteiger partial charge < -0.3 is 10.1 Å². The minimum Gasteiger partial charge on any atom is -0.358 e. The molecule has 0 atom stereocenters. The molecule has 1 heterocycles. The molecule has 0 aliphatic carbocycles. The van der Waals surface area contributed by atoms with Gasteiger partial charge in [-0.1, -0.05) is 0 Å². The largest absolute Gasteiger partial charge is 0.358 e. The van der Waals surface area contributed by atoms with Crippen LogP contribution < -0.4 is 11.0 Å². The third kappa shape index (κ3) is 1.15. The first-order valence-electron chi connectivity index (χ1n) is 2.19.